The van der Waals surface area contributed by atoms with Crippen LogP contribution >= 0.6 is 0 Å². The predicted molar refractivity (Wildman–Crippen MR) is 123 cm³/mol. The van der Waals surface area contributed by atoms with Crippen LogP contribution in [-0.2, 0) is 13.0 Å². The van der Waals surface area contributed by atoms with Gasteiger partial charge in [0.15, 0.2) is 0 Å². The van der Waals surface area contributed by atoms with Crippen molar-refractivity contribution >= 4 is 0 Å². The number of aliphatic hydroxyl groups excluding tert-OH is 1. The second-order valence-corrected chi connectivity index (χ2v) is 8.18. The van der Waals surface area contributed by atoms with Gasteiger partial charge in [-0.05, 0) is 44.1 Å². The lowest BCUT2D eigenvalue weighted by molar-refractivity contribution is 0.0501. The molecule has 0 amide bonds. The highest BCUT2D eigenvalue weighted by atomic mass is 16.5. The molecular weight excluding hydrogens is 392 g/mol. The molecule has 2 aromatic rings. The monoisotopic (exact) mass is 428 g/mol. The summed E-state index contributed by atoms with van der Waals surface area (Å²) in [4.78, 5) is 8.77. The van der Waals surface area contributed by atoms with Crippen molar-refractivity contribution in [1.82, 2.24) is 20.1 Å². The maximum Gasteiger partial charge on any atom is 0.127 e. The molecule has 2 N–H and O–H groups in total. The number of aromatic nitrogens is 1. The van der Waals surface area contributed by atoms with Gasteiger partial charge in [0, 0.05) is 63.3 Å². The molecule has 0 bridgehead atoms. The van der Waals surface area contributed by atoms with Gasteiger partial charge in [0.25, 0.3) is 0 Å². The number of methoxy groups -OCH3 is 1. The van der Waals surface area contributed by atoms with Gasteiger partial charge in [0.1, 0.15) is 24.2 Å². The Balaban J connectivity index is 1.45. The number of likely N-dealkylation sites (N-methyl/N-ethyl adjacent to an activating group) is 1. The molecule has 1 aromatic heterocycles. The molecular formula is C24H36N4O3. The Morgan fingerprint density at radius 2 is 2.03 bits per heavy atom. The van der Waals surface area contributed by atoms with Crippen molar-refractivity contribution in [2.24, 2.45) is 0 Å². The summed E-state index contributed by atoms with van der Waals surface area (Å²) in [6.45, 7) is 6.59. The summed E-state index contributed by atoms with van der Waals surface area (Å²) in [5.41, 5.74) is 2.32. The van der Waals surface area contributed by atoms with E-state index in [9.17, 15) is 5.11 Å². The van der Waals surface area contributed by atoms with Crippen molar-refractivity contribution in [3.63, 3.8) is 0 Å². The highest BCUT2D eigenvalue weighted by molar-refractivity contribution is 5.40. The molecule has 1 aromatic carbocycles. The Morgan fingerprint density at radius 1 is 1.19 bits per heavy atom. The van der Waals surface area contributed by atoms with Crippen LogP contribution in [0.15, 0.2) is 42.7 Å². The minimum Gasteiger partial charge on any atom is -0.497 e. The summed E-state index contributed by atoms with van der Waals surface area (Å²) in [6.07, 6.45) is 5.25. The first-order chi connectivity index (χ1) is 15.1. The fourth-order valence-corrected chi connectivity index (χ4v) is 3.70. The van der Waals surface area contributed by atoms with Gasteiger partial charge < -0.3 is 24.8 Å². The fraction of sp³-hybridized carbons (Fsp3) is 0.542. The van der Waals surface area contributed by atoms with E-state index in [-0.39, 0.29) is 6.61 Å². The van der Waals surface area contributed by atoms with Crippen molar-refractivity contribution in [3.8, 4) is 11.5 Å². The summed E-state index contributed by atoms with van der Waals surface area (Å²) in [5.74, 6) is 1.51. The quantitative estimate of drug-likeness (QED) is 0.500. The van der Waals surface area contributed by atoms with Crippen molar-refractivity contribution in [3.05, 3.63) is 53.9 Å². The van der Waals surface area contributed by atoms with Crippen molar-refractivity contribution in [1.29, 1.82) is 0 Å². The van der Waals surface area contributed by atoms with E-state index in [4.69, 9.17) is 9.47 Å². The van der Waals surface area contributed by atoms with Crippen LogP contribution in [0.1, 0.15) is 17.5 Å². The Kier molecular flexibility index (Phi) is 9.55. The van der Waals surface area contributed by atoms with E-state index >= 15 is 0 Å². The van der Waals surface area contributed by atoms with Gasteiger partial charge >= 0.3 is 0 Å². The van der Waals surface area contributed by atoms with Gasteiger partial charge in [-0.15, -0.1) is 0 Å². The van der Waals surface area contributed by atoms with Crippen LogP contribution in [0.2, 0.25) is 0 Å². The van der Waals surface area contributed by atoms with E-state index in [0.717, 1.165) is 62.6 Å². The average Bonchev–Trinajstić information content (AvgIpc) is 2.80. The molecule has 3 rings (SSSR count). The molecule has 0 spiro atoms. The zero-order chi connectivity index (χ0) is 21.9. The molecule has 2 heterocycles. The van der Waals surface area contributed by atoms with Crippen LogP contribution in [0.25, 0.3) is 0 Å². The summed E-state index contributed by atoms with van der Waals surface area (Å²) in [7, 11) is 3.78. The van der Waals surface area contributed by atoms with Gasteiger partial charge in [-0.2, -0.15) is 0 Å². The number of rotatable bonds is 12. The Morgan fingerprint density at radius 3 is 2.77 bits per heavy atom. The molecule has 170 valence electrons. The fourth-order valence-electron chi connectivity index (χ4n) is 3.70. The van der Waals surface area contributed by atoms with Gasteiger partial charge in [0.2, 0.25) is 0 Å². The van der Waals surface area contributed by atoms with Crippen molar-refractivity contribution < 1.29 is 14.6 Å². The van der Waals surface area contributed by atoms with Gasteiger partial charge in [-0.3, -0.25) is 9.88 Å². The number of piperazine rings is 1. The molecule has 1 unspecified atom stereocenters. The zero-order valence-electron chi connectivity index (χ0n) is 18.8. The van der Waals surface area contributed by atoms with Crippen LogP contribution in [0.4, 0.5) is 0 Å². The Hall–Kier alpha value is -2.19. The lowest BCUT2D eigenvalue weighted by Crippen LogP contribution is -2.47. The number of nitrogens with zero attached hydrogens (tertiary/aromatic N) is 3. The standard InChI is InChI=1S/C24H36N4O3/c1-27-11-13-28(14-12-27)18-22(29)19-31-24-15-23(30-2)8-7-21(24)17-26-10-4-6-20-5-3-9-25-16-20/h3,5,7-9,15-16,22,26,29H,4,6,10-14,17-19H2,1-2H3. The molecule has 1 fully saturated rings. The number of benzene rings is 1. The number of β-amino-alcohol motifs (C(OH)–C–C–N with tert-alkyl or cyclic N) is 1. The number of aryl methyl sites for hydroxylation is 1. The van der Waals surface area contributed by atoms with Crippen LogP contribution in [-0.4, -0.2) is 86.0 Å². The zero-order valence-corrected chi connectivity index (χ0v) is 18.8. The van der Waals surface area contributed by atoms with E-state index in [1.54, 1.807) is 13.3 Å². The number of ether oxygens (including phenoxy) is 2. The number of hydrogen-bond acceptors (Lipinski definition) is 7. The number of hydrogen-bond donors (Lipinski definition) is 2. The summed E-state index contributed by atoms with van der Waals surface area (Å²) in [5, 5.41) is 14.0. The SMILES string of the molecule is COc1ccc(CNCCCc2cccnc2)c(OCC(O)CN2CCN(C)CC2)c1. The smallest absolute Gasteiger partial charge is 0.127 e. The molecule has 1 aliphatic heterocycles. The third-order valence-corrected chi connectivity index (χ3v) is 5.63. The van der Waals surface area contributed by atoms with E-state index < -0.39 is 6.10 Å². The maximum atomic E-state index is 10.5. The van der Waals surface area contributed by atoms with E-state index in [0.29, 0.717) is 13.1 Å². The normalized spacial score (nSPS) is 16.2. The second-order valence-electron chi connectivity index (χ2n) is 8.18. The van der Waals surface area contributed by atoms with Gasteiger partial charge in [0.05, 0.1) is 7.11 Å². The third kappa shape index (κ3) is 8.10. The second kappa shape index (κ2) is 12.6. The van der Waals surface area contributed by atoms with Crippen LogP contribution in [0.3, 0.4) is 0 Å². The van der Waals surface area contributed by atoms with E-state index in [1.165, 1.54) is 5.56 Å². The first kappa shape index (κ1) is 23.5. The molecule has 31 heavy (non-hydrogen) atoms. The van der Waals surface area contributed by atoms with Gasteiger partial charge in [-0.1, -0.05) is 12.1 Å². The van der Waals surface area contributed by atoms with Crippen molar-refractivity contribution in [2.45, 2.75) is 25.5 Å². The topological polar surface area (TPSA) is 70.1 Å². The summed E-state index contributed by atoms with van der Waals surface area (Å²) in [6, 6.07) is 9.95. The minimum atomic E-state index is -0.519. The van der Waals surface area contributed by atoms with Crippen LogP contribution in [0, 0.1) is 0 Å². The first-order valence-corrected chi connectivity index (χ1v) is 11.1. The molecule has 1 atom stereocenters. The van der Waals surface area contributed by atoms with E-state index in [2.05, 4.69) is 33.2 Å². The van der Waals surface area contributed by atoms with Crippen LogP contribution < -0.4 is 14.8 Å². The Bertz CT molecular complexity index is 767. The summed E-state index contributed by atoms with van der Waals surface area (Å²) < 4.78 is 11.4. The van der Waals surface area contributed by atoms with Crippen molar-refractivity contribution in [2.75, 3.05) is 60.0 Å². The largest absolute Gasteiger partial charge is 0.497 e. The number of nitrogens with one attached hydrogen (secondary N) is 1. The lowest BCUT2D eigenvalue weighted by atomic mass is 10.1. The Labute approximate surface area is 186 Å². The molecule has 0 aliphatic carbocycles. The average molecular weight is 429 g/mol. The van der Waals surface area contributed by atoms with Gasteiger partial charge in [-0.25, -0.2) is 0 Å². The number of pyridine rings is 1. The molecule has 0 saturated carbocycles. The molecule has 1 aliphatic rings. The van der Waals surface area contributed by atoms with Crippen LogP contribution in [0.5, 0.6) is 11.5 Å². The molecule has 7 heteroatoms. The van der Waals surface area contributed by atoms with E-state index in [1.807, 2.05) is 30.5 Å². The first-order valence-electron chi connectivity index (χ1n) is 11.1. The predicted octanol–water partition coefficient (Wildman–Crippen LogP) is 1.80. The minimum absolute atomic E-state index is 0.271. The molecule has 0 radical (unpaired) electrons. The third-order valence-electron chi connectivity index (χ3n) is 5.63. The number of aliphatic hydroxyl groups is 1. The lowest BCUT2D eigenvalue weighted by Gasteiger charge is -2.33. The maximum absolute atomic E-state index is 10.5. The summed E-state index contributed by atoms with van der Waals surface area (Å²) >= 11 is 0. The molecule has 7 nitrogen and oxygen atoms in total. The highest BCUT2D eigenvalue weighted by Crippen LogP contribution is 2.25. The molecule has 1 saturated heterocycles. The highest BCUT2D eigenvalue weighted by Gasteiger charge is 2.18.